The van der Waals surface area contributed by atoms with E-state index in [-0.39, 0.29) is 12.4 Å². The van der Waals surface area contributed by atoms with Gasteiger partial charge in [-0.1, -0.05) is 36.1 Å². The molecule has 0 fully saturated rings. The lowest BCUT2D eigenvalue weighted by atomic mass is 9.97. The number of carboxylic acids is 1. The molecule has 174 valence electrons. The second kappa shape index (κ2) is 12.5. The lowest BCUT2D eigenvalue weighted by Gasteiger charge is -2.12. The van der Waals surface area contributed by atoms with Crippen molar-refractivity contribution in [3.63, 3.8) is 0 Å². The van der Waals surface area contributed by atoms with E-state index >= 15 is 0 Å². The molecule has 4 nitrogen and oxygen atoms in total. The van der Waals surface area contributed by atoms with Gasteiger partial charge in [-0.3, -0.25) is 0 Å². The molecule has 0 spiro atoms. The van der Waals surface area contributed by atoms with E-state index in [0.717, 1.165) is 33.6 Å². The Morgan fingerprint density at radius 1 is 1.03 bits per heavy atom. The van der Waals surface area contributed by atoms with Gasteiger partial charge in [-0.15, -0.1) is 0 Å². The Balaban J connectivity index is 1.78. The van der Waals surface area contributed by atoms with Crippen LogP contribution in [0.25, 0.3) is 5.57 Å². The molecule has 0 bridgehead atoms. The minimum absolute atomic E-state index is 0.288. The van der Waals surface area contributed by atoms with Crippen LogP contribution in [-0.2, 0) is 4.79 Å². The number of aliphatic carboxylic acids is 1. The predicted molar refractivity (Wildman–Crippen MR) is 135 cm³/mol. The van der Waals surface area contributed by atoms with Crippen LogP contribution in [-0.4, -0.2) is 36.3 Å². The molecule has 1 N–H and O–H groups in total. The molecule has 0 heterocycles. The maximum atomic E-state index is 13.5. The lowest BCUT2D eigenvalue weighted by molar-refractivity contribution is -0.139. The van der Waals surface area contributed by atoms with Crippen molar-refractivity contribution in [1.82, 2.24) is 0 Å². The molecule has 3 rings (SSSR count). The highest BCUT2D eigenvalue weighted by molar-refractivity contribution is 7.98. The topological polar surface area (TPSA) is 55.8 Å². The third kappa shape index (κ3) is 7.43. The van der Waals surface area contributed by atoms with E-state index in [1.165, 1.54) is 12.1 Å². The van der Waals surface area contributed by atoms with Gasteiger partial charge in [-0.25, -0.2) is 9.18 Å². The Bertz CT molecular complexity index is 1210. The SMILES string of the molecule is CSCC#Cc1ccc(/C(=C/COc2ccc(OCC(=O)O)c(C)c2)c2ccc(F)cc2)cc1. The number of carbonyl (C=O) groups is 1. The van der Waals surface area contributed by atoms with Crippen LogP contribution in [0.2, 0.25) is 0 Å². The summed E-state index contributed by atoms with van der Waals surface area (Å²) in [5.74, 6) is 6.85. The molecule has 0 amide bonds. The van der Waals surface area contributed by atoms with Crippen LogP contribution in [0.4, 0.5) is 4.39 Å². The fourth-order valence-corrected chi connectivity index (χ4v) is 3.43. The van der Waals surface area contributed by atoms with Gasteiger partial charge in [0, 0.05) is 5.56 Å². The van der Waals surface area contributed by atoms with Crippen molar-refractivity contribution in [3.05, 3.63) is 101 Å². The average Bonchev–Trinajstić information content (AvgIpc) is 2.83. The highest BCUT2D eigenvalue weighted by Gasteiger charge is 2.08. The Labute approximate surface area is 203 Å². The van der Waals surface area contributed by atoms with Crippen molar-refractivity contribution in [2.45, 2.75) is 6.92 Å². The highest BCUT2D eigenvalue weighted by Crippen LogP contribution is 2.26. The molecule has 6 heteroatoms. The molecule has 3 aromatic carbocycles. The second-order valence-electron chi connectivity index (χ2n) is 7.36. The van der Waals surface area contributed by atoms with Crippen LogP contribution < -0.4 is 9.47 Å². The van der Waals surface area contributed by atoms with Crippen LogP contribution >= 0.6 is 11.8 Å². The van der Waals surface area contributed by atoms with E-state index in [4.69, 9.17) is 14.6 Å². The van der Waals surface area contributed by atoms with Gasteiger partial charge >= 0.3 is 5.97 Å². The van der Waals surface area contributed by atoms with Crippen molar-refractivity contribution in [3.8, 4) is 23.3 Å². The van der Waals surface area contributed by atoms with E-state index in [1.807, 2.05) is 43.5 Å². The smallest absolute Gasteiger partial charge is 0.341 e. The van der Waals surface area contributed by atoms with Crippen molar-refractivity contribution >= 4 is 23.3 Å². The molecule has 0 saturated carbocycles. The average molecular weight is 477 g/mol. The third-order valence-electron chi connectivity index (χ3n) is 4.84. The van der Waals surface area contributed by atoms with E-state index in [0.29, 0.717) is 11.5 Å². The summed E-state index contributed by atoms with van der Waals surface area (Å²) in [7, 11) is 0. The van der Waals surface area contributed by atoms with Gasteiger partial charge < -0.3 is 14.6 Å². The molecule has 0 radical (unpaired) electrons. The van der Waals surface area contributed by atoms with Crippen LogP contribution in [0.1, 0.15) is 22.3 Å². The number of ether oxygens (including phenoxy) is 2. The second-order valence-corrected chi connectivity index (χ2v) is 8.22. The molecule has 34 heavy (non-hydrogen) atoms. The number of rotatable bonds is 9. The van der Waals surface area contributed by atoms with Crippen LogP contribution in [0.15, 0.2) is 72.8 Å². The van der Waals surface area contributed by atoms with Crippen molar-refractivity contribution in [2.24, 2.45) is 0 Å². The van der Waals surface area contributed by atoms with Gasteiger partial charge in [0.2, 0.25) is 0 Å². The summed E-state index contributed by atoms with van der Waals surface area (Å²) in [5.41, 5.74) is 4.48. The quantitative estimate of drug-likeness (QED) is 0.394. The summed E-state index contributed by atoms with van der Waals surface area (Å²) in [6.45, 7) is 1.72. The zero-order valence-electron chi connectivity index (χ0n) is 19.0. The van der Waals surface area contributed by atoms with Crippen LogP contribution in [0.3, 0.4) is 0 Å². The van der Waals surface area contributed by atoms with E-state index < -0.39 is 12.6 Å². The van der Waals surface area contributed by atoms with Crippen molar-refractivity contribution < 1.29 is 23.8 Å². The van der Waals surface area contributed by atoms with Crippen molar-refractivity contribution in [2.75, 3.05) is 25.2 Å². The third-order valence-corrected chi connectivity index (χ3v) is 5.27. The summed E-state index contributed by atoms with van der Waals surface area (Å²) in [6, 6.07) is 19.5. The molecule has 0 aliphatic heterocycles. The zero-order chi connectivity index (χ0) is 24.3. The molecule has 0 atom stereocenters. The van der Waals surface area contributed by atoms with Gasteiger partial charge in [0.15, 0.2) is 6.61 Å². The Kier molecular flexibility index (Phi) is 9.19. The van der Waals surface area contributed by atoms with Gasteiger partial charge in [0.25, 0.3) is 0 Å². The molecule has 0 aliphatic rings. The number of hydrogen-bond acceptors (Lipinski definition) is 4. The molecule has 3 aromatic rings. The Morgan fingerprint density at radius 2 is 1.71 bits per heavy atom. The summed E-state index contributed by atoms with van der Waals surface area (Å²) in [6.07, 6.45) is 3.97. The monoisotopic (exact) mass is 476 g/mol. The maximum Gasteiger partial charge on any atom is 0.341 e. The maximum absolute atomic E-state index is 13.5. The number of halogens is 1. The van der Waals surface area contributed by atoms with E-state index in [1.54, 1.807) is 42.1 Å². The van der Waals surface area contributed by atoms with E-state index in [9.17, 15) is 9.18 Å². The molecular formula is C28H25FO4S. The fraction of sp³-hybridized carbons (Fsp3) is 0.179. The molecular weight excluding hydrogens is 451 g/mol. The first-order chi connectivity index (χ1) is 16.5. The van der Waals surface area contributed by atoms with Gasteiger partial charge in [0.05, 0.1) is 5.75 Å². The molecule has 0 aromatic heterocycles. The first-order valence-corrected chi connectivity index (χ1v) is 12.0. The number of hydrogen-bond donors (Lipinski definition) is 1. The number of carboxylic acid groups (broad SMARTS) is 1. The summed E-state index contributed by atoms with van der Waals surface area (Å²) < 4.78 is 24.7. The van der Waals surface area contributed by atoms with Gasteiger partial charge in [-0.05, 0) is 84.0 Å². The number of aryl methyl sites for hydroxylation is 1. The lowest BCUT2D eigenvalue weighted by Crippen LogP contribution is -2.10. The molecule has 0 saturated heterocycles. The standard InChI is InChI=1S/C28H25FO4S/c1-20-18-25(13-14-27(20)33-19-28(30)31)32-16-15-26(23-9-11-24(29)12-10-23)22-7-5-21(6-8-22)4-3-17-34-2/h5-15,18H,16-17,19H2,1-2H3,(H,30,31)/b26-15-. The summed E-state index contributed by atoms with van der Waals surface area (Å²) >= 11 is 1.68. The summed E-state index contributed by atoms with van der Waals surface area (Å²) in [4.78, 5) is 10.7. The predicted octanol–water partition coefficient (Wildman–Crippen LogP) is 5.82. The van der Waals surface area contributed by atoms with Crippen LogP contribution in [0.5, 0.6) is 11.5 Å². The number of benzene rings is 3. The summed E-state index contributed by atoms with van der Waals surface area (Å²) in [5, 5.41) is 8.77. The Morgan fingerprint density at radius 3 is 2.32 bits per heavy atom. The first kappa shape index (κ1) is 24.9. The van der Waals surface area contributed by atoms with Gasteiger partial charge in [0.1, 0.15) is 23.9 Å². The van der Waals surface area contributed by atoms with Crippen molar-refractivity contribution in [1.29, 1.82) is 0 Å². The van der Waals surface area contributed by atoms with Crippen LogP contribution in [0, 0.1) is 24.6 Å². The number of thioether (sulfide) groups is 1. The largest absolute Gasteiger partial charge is 0.489 e. The minimum atomic E-state index is -1.03. The first-order valence-electron chi connectivity index (χ1n) is 10.6. The molecule has 0 unspecified atom stereocenters. The highest BCUT2D eigenvalue weighted by atomic mass is 32.2. The molecule has 0 aliphatic carbocycles. The van der Waals surface area contributed by atoms with E-state index in [2.05, 4.69) is 11.8 Å². The minimum Gasteiger partial charge on any atom is -0.489 e. The normalized spacial score (nSPS) is 10.9. The zero-order valence-corrected chi connectivity index (χ0v) is 19.8. The van der Waals surface area contributed by atoms with Gasteiger partial charge in [-0.2, -0.15) is 11.8 Å². The Hall–Kier alpha value is -3.69. The fourth-order valence-electron chi connectivity index (χ4n) is 3.21.